The molecule has 1 aromatic carbocycles. The number of likely N-dealkylation sites (tertiary alicyclic amines) is 1. The number of thiocarbonyl (C=S) groups is 1. The molecule has 2 aliphatic heterocycles. The monoisotopic (exact) mass is 485 g/mol. The van der Waals surface area contributed by atoms with Crippen LogP contribution in [0.25, 0.3) is 17.4 Å². The van der Waals surface area contributed by atoms with E-state index in [4.69, 9.17) is 21.7 Å². The van der Waals surface area contributed by atoms with Gasteiger partial charge in [0, 0.05) is 24.6 Å². The van der Waals surface area contributed by atoms with Gasteiger partial charge in [-0.1, -0.05) is 30.3 Å². The summed E-state index contributed by atoms with van der Waals surface area (Å²) in [4.78, 5) is 38.7. The summed E-state index contributed by atoms with van der Waals surface area (Å²) in [5.41, 5.74) is 3.52. The second-order valence-electron chi connectivity index (χ2n) is 7.79. The van der Waals surface area contributed by atoms with Gasteiger partial charge in [0.1, 0.15) is 11.5 Å². The van der Waals surface area contributed by atoms with E-state index >= 15 is 0 Å². The lowest BCUT2D eigenvalue weighted by Crippen LogP contribution is -2.46. The number of hydrogen-bond donors (Lipinski definition) is 2. The minimum absolute atomic E-state index is 0.187. The number of benzene rings is 1. The summed E-state index contributed by atoms with van der Waals surface area (Å²) in [6.45, 7) is 2.68. The average molecular weight is 486 g/mol. The molecule has 1 aromatic heterocycles. The molecule has 4 rings (SSSR count). The fraction of sp³-hybridized carbons (Fsp3) is 0.304. The van der Waals surface area contributed by atoms with Gasteiger partial charge in [0.15, 0.2) is 4.32 Å². The van der Waals surface area contributed by atoms with E-state index < -0.39 is 11.9 Å². The Morgan fingerprint density at radius 2 is 1.85 bits per heavy atom. The minimum Gasteiger partial charge on any atom is -0.478 e. The molecule has 8 nitrogen and oxygen atoms in total. The summed E-state index contributed by atoms with van der Waals surface area (Å²) in [5, 5.41) is 10.1. The van der Waals surface area contributed by atoms with Crippen LogP contribution in [-0.2, 0) is 9.59 Å². The number of rotatable bonds is 7. The molecule has 2 amide bonds. The number of carboxylic acid groups (broad SMARTS) is 1. The summed E-state index contributed by atoms with van der Waals surface area (Å²) in [6, 6.07) is 9.77. The Balaban J connectivity index is 1.37. The number of carboxylic acids is 1. The third-order valence-electron chi connectivity index (χ3n) is 5.45. The second kappa shape index (κ2) is 10.3. The largest absolute Gasteiger partial charge is 0.478 e. The number of hydrogen-bond acceptors (Lipinski definition) is 7. The summed E-state index contributed by atoms with van der Waals surface area (Å²) in [6.07, 6.45) is 5.43. The van der Waals surface area contributed by atoms with Crippen molar-refractivity contribution in [1.82, 2.24) is 15.3 Å². The number of carbonyl (C=O) groups is 3. The zero-order chi connectivity index (χ0) is 23.4. The van der Waals surface area contributed by atoms with E-state index in [9.17, 15) is 14.4 Å². The van der Waals surface area contributed by atoms with E-state index in [-0.39, 0.29) is 15.8 Å². The molecule has 2 aromatic rings. The van der Waals surface area contributed by atoms with E-state index in [0.29, 0.717) is 35.0 Å². The average Bonchev–Trinajstić information content (AvgIpc) is 3.39. The number of nitrogens with one attached hydrogen (secondary N) is 1. The quantitative estimate of drug-likeness (QED) is 0.452. The third-order valence-corrected chi connectivity index (χ3v) is 6.75. The Labute approximate surface area is 200 Å². The number of nitrogens with zero attached hydrogens (tertiary/aromatic N) is 2. The van der Waals surface area contributed by atoms with Gasteiger partial charge in [0.05, 0.1) is 10.5 Å². The minimum atomic E-state index is -0.998. The highest BCUT2D eigenvalue weighted by atomic mass is 32.2. The first-order valence-corrected chi connectivity index (χ1v) is 11.9. The Morgan fingerprint density at radius 3 is 2.55 bits per heavy atom. The number of carbonyl (C=O) groups excluding carboxylic acids is 2. The molecule has 2 saturated heterocycles. The molecular formula is C23H23N3O5S2. The fourth-order valence-electron chi connectivity index (χ4n) is 3.68. The summed E-state index contributed by atoms with van der Waals surface area (Å²) in [7, 11) is 0. The van der Waals surface area contributed by atoms with Crippen molar-refractivity contribution in [3.8, 4) is 11.3 Å². The van der Waals surface area contributed by atoms with Gasteiger partial charge in [-0.05, 0) is 62.4 Å². The molecule has 172 valence electrons. The van der Waals surface area contributed by atoms with Crippen molar-refractivity contribution in [2.75, 3.05) is 19.6 Å². The van der Waals surface area contributed by atoms with Crippen LogP contribution in [0.1, 0.15) is 41.8 Å². The Hall–Kier alpha value is -2.95. The first-order chi connectivity index (χ1) is 15.9. The molecule has 0 aliphatic carbocycles. The van der Waals surface area contributed by atoms with Crippen LogP contribution >= 0.6 is 24.0 Å². The topological polar surface area (TPSA) is 103 Å². The van der Waals surface area contributed by atoms with E-state index in [1.165, 1.54) is 18.6 Å². The Bertz CT molecular complexity index is 1100. The van der Waals surface area contributed by atoms with Crippen LogP contribution < -0.4 is 5.43 Å². The van der Waals surface area contributed by atoms with Crippen LogP contribution in [0, 0.1) is 0 Å². The lowest BCUT2D eigenvalue weighted by molar-refractivity contribution is -0.133. The summed E-state index contributed by atoms with van der Waals surface area (Å²) < 4.78 is 6.05. The van der Waals surface area contributed by atoms with Crippen molar-refractivity contribution in [1.29, 1.82) is 0 Å². The van der Waals surface area contributed by atoms with Gasteiger partial charge in [0.2, 0.25) is 5.91 Å². The van der Waals surface area contributed by atoms with Gasteiger partial charge in [-0.3, -0.25) is 15.0 Å². The van der Waals surface area contributed by atoms with Crippen molar-refractivity contribution in [3.63, 3.8) is 0 Å². The van der Waals surface area contributed by atoms with Gasteiger partial charge in [0.25, 0.3) is 5.91 Å². The molecule has 0 radical (unpaired) electrons. The molecule has 33 heavy (non-hydrogen) atoms. The first kappa shape index (κ1) is 23.2. The SMILES string of the molecule is O=C(CCN1CCCCC1)NN1C(=O)C(=Cc2ccc(-c3ccc(C(=O)O)cc3)o2)SC1=S. The highest BCUT2D eigenvalue weighted by Crippen LogP contribution is 2.32. The Morgan fingerprint density at radius 1 is 1.12 bits per heavy atom. The van der Waals surface area contributed by atoms with Gasteiger partial charge in [-0.15, -0.1) is 0 Å². The molecule has 0 saturated carbocycles. The van der Waals surface area contributed by atoms with Crippen molar-refractivity contribution < 1.29 is 23.9 Å². The van der Waals surface area contributed by atoms with Crippen LogP contribution in [0.15, 0.2) is 45.7 Å². The summed E-state index contributed by atoms with van der Waals surface area (Å²) >= 11 is 6.37. The number of piperidine rings is 1. The molecule has 0 unspecified atom stereocenters. The van der Waals surface area contributed by atoms with Gasteiger partial charge in [-0.25, -0.2) is 4.79 Å². The zero-order valence-corrected chi connectivity index (χ0v) is 19.4. The lowest BCUT2D eigenvalue weighted by atomic mass is 10.1. The number of furan rings is 1. The van der Waals surface area contributed by atoms with Crippen molar-refractivity contribution in [2.45, 2.75) is 25.7 Å². The van der Waals surface area contributed by atoms with Crippen LogP contribution in [0.3, 0.4) is 0 Å². The summed E-state index contributed by atoms with van der Waals surface area (Å²) in [5.74, 6) is -0.658. The first-order valence-electron chi connectivity index (χ1n) is 10.6. The van der Waals surface area contributed by atoms with E-state index in [2.05, 4.69) is 10.3 Å². The molecule has 3 heterocycles. The number of hydrazine groups is 1. The Kier molecular flexibility index (Phi) is 7.26. The highest BCUT2D eigenvalue weighted by molar-refractivity contribution is 8.26. The molecular weight excluding hydrogens is 462 g/mol. The predicted molar refractivity (Wildman–Crippen MR) is 129 cm³/mol. The maximum absolute atomic E-state index is 12.8. The molecule has 0 atom stereocenters. The normalized spacial score (nSPS) is 18.2. The van der Waals surface area contributed by atoms with Crippen LogP contribution in [0.4, 0.5) is 0 Å². The highest BCUT2D eigenvalue weighted by Gasteiger charge is 2.34. The predicted octanol–water partition coefficient (Wildman–Crippen LogP) is 3.75. The lowest BCUT2D eigenvalue weighted by Gasteiger charge is -2.26. The second-order valence-corrected chi connectivity index (χ2v) is 9.46. The molecule has 10 heteroatoms. The van der Waals surface area contributed by atoms with E-state index in [0.717, 1.165) is 42.7 Å². The number of thioether (sulfide) groups is 1. The standard InChI is InChI=1S/C23H23N3O5S2/c27-20(10-13-25-11-2-1-3-12-25)24-26-21(28)19(33-23(26)32)14-17-8-9-18(31-17)15-4-6-16(7-5-15)22(29)30/h4-9,14H,1-3,10-13H2,(H,24,27)(H,29,30). The molecule has 0 spiro atoms. The number of amides is 2. The molecule has 2 aliphatic rings. The smallest absolute Gasteiger partial charge is 0.335 e. The van der Waals surface area contributed by atoms with Crippen molar-refractivity contribution >= 4 is 52.2 Å². The van der Waals surface area contributed by atoms with Crippen LogP contribution in [0.2, 0.25) is 0 Å². The van der Waals surface area contributed by atoms with Gasteiger partial charge < -0.3 is 14.4 Å². The number of aromatic carboxylic acids is 1. The van der Waals surface area contributed by atoms with E-state index in [1.807, 2.05) is 0 Å². The fourth-order valence-corrected chi connectivity index (χ4v) is 4.84. The van der Waals surface area contributed by atoms with E-state index in [1.54, 1.807) is 30.3 Å². The molecule has 2 N–H and O–H groups in total. The van der Waals surface area contributed by atoms with Crippen LogP contribution in [0.5, 0.6) is 0 Å². The third kappa shape index (κ3) is 5.70. The van der Waals surface area contributed by atoms with Gasteiger partial charge in [-0.2, -0.15) is 5.01 Å². The van der Waals surface area contributed by atoms with Crippen molar-refractivity contribution in [3.05, 3.63) is 52.6 Å². The molecule has 2 fully saturated rings. The zero-order valence-electron chi connectivity index (χ0n) is 17.8. The van der Waals surface area contributed by atoms with Gasteiger partial charge >= 0.3 is 5.97 Å². The van der Waals surface area contributed by atoms with Crippen LogP contribution in [-0.4, -0.2) is 56.8 Å². The van der Waals surface area contributed by atoms with Crippen molar-refractivity contribution in [2.24, 2.45) is 0 Å². The molecule has 0 bridgehead atoms. The maximum Gasteiger partial charge on any atom is 0.335 e. The maximum atomic E-state index is 12.8.